The van der Waals surface area contributed by atoms with Crippen molar-refractivity contribution in [2.24, 2.45) is 0 Å². The highest BCUT2D eigenvalue weighted by molar-refractivity contribution is 5.85. The zero-order valence-corrected chi connectivity index (χ0v) is 9.27. The lowest BCUT2D eigenvalue weighted by Crippen LogP contribution is -2.12. The smallest absolute Gasteiger partial charge is 0.313 e. The summed E-state index contributed by atoms with van der Waals surface area (Å²) in [7, 11) is 0. The summed E-state index contributed by atoms with van der Waals surface area (Å²) in [5.41, 5.74) is 2.19. The number of ether oxygens (including phenoxy) is 1. The van der Waals surface area contributed by atoms with E-state index in [0.29, 0.717) is 12.2 Å². The normalized spacial score (nSPS) is 12.6. The molecule has 0 amide bonds. The minimum absolute atomic E-state index is 0.254. The standard InChI is InChI=1S/C12H13NO3/c1-3-15-12(14)8(2)9-7-16-10-5-4-6-13-11(9)10/h4-8H,3H2,1-2H3. The molecule has 4 nitrogen and oxygen atoms in total. The SMILES string of the molecule is CCOC(=O)C(C)c1coc2cccnc12. The van der Waals surface area contributed by atoms with E-state index >= 15 is 0 Å². The molecule has 0 aliphatic carbocycles. The van der Waals surface area contributed by atoms with E-state index in [1.54, 1.807) is 32.4 Å². The van der Waals surface area contributed by atoms with Gasteiger partial charge in [0.05, 0.1) is 18.8 Å². The van der Waals surface area contributed by atoms with Gasteiger partial charge in [-0.25, -0.2) is 0 Å². The maximum absolute atomic E-state index is 11.6. The predicted molar refractivity (Wildman–Crippen MR) is 59.1 cm³/mol. The molecule has 2 heterocycles. The van der Waals surface area contributed by atoms with Crippen molar-refractivity contribution in [2.45, 2.75) is 19.8 Å². The Kier molecular flexibility index (Phi) is 2.90. The minimum atomic E-state index is -0.351. The van der Waals surface area contributed by atoms with E-state index in [-0.39, 0.29) is 11.9 Å². The van der Waals surface area contributed by atoms with Crippen LogP contribution in [0, 0.1) is 0 Å². The Morgan fingerprint density at radius 1 is 1.62 bits per heavy atom. The average Bonchev–Trinajstić information content (AvgIpc) is 2.72. The Bertz CT molecular complexity index is 504. The summed E-state index contributed by atoms with van der Waals surface area (Å²) >= 11 is 0. The van der Waals surface area contributed by atoms with Gasteiger partial charge in [0.15, 0.2) is 5.58 Å². The Morgan fingerprint density at radius 2 is 2.44 bits per heavy atom. The zero-order chi connectivity index (χ0) is 11.5. The molecule has 2 aromatic heterocycles. The van der Waals surface area contributed by atoms with Crippen LogP contribution in [0.1, 0.15) is 25.3 Å². The van der Waals surface area contributed by atoms with Crippen LogP contribution in [-0.2, 0) is 9.53 Å². The number of rotatable bonds is 3. The number of hydrogen-bond acceptors (Lipinski definition) is 4. The number of fused-ring (bicyclic) bond motifs is 1. The van der Waals surface area contributed by atoms with Crippen LogP contribution >= 0.6 is 0 Å². The van der Waals surface area contributed by atoms with E-state index in [1.807, 2.05) is 6.07 Å². The summed E-state index contributed by atoms with van der Waals surface area (Å²) in [4.78, 5) is 15.8. The molecule has 0 fully saturated rings. The van der Waals surface area contributed by atoms with Crippen LogP contribution in [0.3, 0.4) is 0 Å². The van der Waals surface area contributed by atoms with Gasteiger partial charge in [-0.3, -0.25) is 9.78 Å². The molecule has 0 saturated heterocycles. The highest BCUT2D eigenvalue weighted by atomic mass is 16.5. The number of pyridine rings is 1. The lowest BCUT2D eigenvalue weighted by molar-refractivity contribution is -0.144. The zero-order valence-electron chi connectivity index (χ0n) is 9.27. The molecular weight excluding hydrogens is 206 g/mol. The van der Waals surface area contributed by atoms with Gasteiger partial charge in [-0.1, -0.05) is 0 Å². The molecular formula is C12H13NO3. The maximum atomic E-state index is 11.6. The first-order chi connectivity index (χ1) is 7.74. The molecule has 0 saturated carbocycles. The Morgan fingerprint density at radius 3 is 3.19 bits per heavy atom. The summed E-state index contributed by atoms with van der Waals surface area (Å²) in [5, 5.41) is 0. The largest absolute Gasteiger partial charge is 0.466 e. The molecule has 1 unspecified atom stereocenters. The molecule has 16 heavy (non-hydrogen) atoms. The van der Waals surface area contributed by atoms with Crippen molar-refractivity contribution >= 4 is 17.1 Å². The molecule has 0 spiro atoms. The van der Waals surface area contributed by atoms with Crippen molar-refractivity contribution in [3.05, 3.63) is 30.2 Å². The van der Waals surface area contributed by atoms with Gasteiger partial charge in [0.2, 0.25) is 0 Å². The van der Waals surface area contributed by atoms with E-state index in [1.165, 1.54) is 0 Å². The second-order valence-corrected chi connectivity index (χ2v) is 3.51. The highest BCUT2D eigenvalue weighted by Gasteiger charge is 2.21. The Labute approximate surface area is 93.2 Å². The van der Waals surface area contributed by atoms with E-state index in [9.17, 15) is 4.79 Å². The summed E-state index contributed by atoms with van der Waals surface area (Å²) in [6.45, 7) is 3.96. The van der Waals surface area contributed by atoms with Crippen LogP contribution in [0.4, 0.5) is 0 Å². The number of esters is 1. The van der Waals surface area contributed by atoms with E-state index in [2.05, 4.69) is 4.98 Å². The first-order valence-corrected chi connectivity index (χ1v) is 5.22. The van der Waals surface area contributed by atoms with Gasteiger partial charge >= 0.3 is 5.97 Å². The van der Waals surface area contributed by atoms with Crippen molar-refractivity contribution < 1.29 is 13.9 Å². The molecule has 0 N–H and O–H groups in total. The number of furan rings is 1. The molecule has 0 aliphatic rings. The van der Waals surface area contributed by atoms with Gasteiger partial charge < -0.3 is 9.15 Å². The van der Waals surface area contributed by atoms with Crippen molar-refractivity contribution in [3.8, 4) is 0 Å². The van der Waals surface area contributed by atoms with Gasteiger partial charge in [-0.05, 0) is 26.0 Å². The molecule has 1 atom stereocenters. The number of nitrogens with zero attached hydrogens (tertiary/aromatic N) is 1. The average molecular weight is 219 g/mol. The molecule has 84 valence electrons. The number of aromatic nitrogens is 1. The first-order valence-electron chi connectivity index (χ1n) is 5.22. The van der Waals surface area contributed by atoms with E-state index in [0.717, 1.165) is 11.1 Å². The predicted octanol–water partition coefficient (Wildman–Crippen LogP) is 2.49. The lowest BCUT2D eigenvalue weighted by Gasteiger charge is -2.07. The third kappa shape index (κ3) is 1.78. The number of carbonyl (C=O) groups excluding carboxylic acids is 1. The van der Waals surface area contributed by atoms with Crippen molar-refractivity contribution in [3.63, 3.8) is 0 Å². The fourth-order valence-electron chi connectivity index (χ4n) is 1.59. The van der Waals surface area contributed by atoms with Crippen molar-refractivity contribution in [2.75, 3.05) is 6.61 Å². The molecule has 2 aromatic rings. The summed E-state index contributed by atoms with van der Waals surface area (Å²) in [5.74, 6) is -0.605. The first kappa shape index (κ1) is 10.7. The second-order valence-electron chi connectivity index (χ2n) is 3.51. The quantitative estimate of drug-likeness (QED) is 0.744. The Balaban J connectivity index is 2.36. The van der Waals surface area contributed by atoms with Crippen LogP contribution in [0.15, 0.2) is 29.0 Å². The van der Waals surface area contributed by atoms with E-state index < -0.39 is 0 Å². The monoisotopic (exact) mass is 219 g/mol. The highest BCUT2D eigenvalue weighted by Crippen LogP contribution is 2.26. The van der Waals surface area contributed by atoms with Gasteiger partial charge in [0.1, 0.15) is 5.52 Å². The fourth-order valence-corrected chi connectivity index (χ4v) is 1.59. The van der Waals surface area contributed by atoms with Gasteiger partial charge in [-0.15, -0.1) is 0 Å². The maximum Gasteiger partial charge on any atom is 0.313 e. The fraction of sp³-hybridized carbons (Fsp3) is 0.333. The van der Waals surface area contributed by atoms with Crippen LogP contribution in [0.5, 0.6) is 0 Å². The molecule has 0 radical (unpaired) electrons. The molecule has 4 heteroatoms. The summed E-state index contributed by atoms with van der Waals surface area (Å²) < 4.78 is 10.3. The lowest BCUT2D eigenvalue weighted by atomic mass is 10.0. The number of hydrogen-bond donors (Lipinski definition) is 0. The topological polar surface area (TPSA) is 52.3 Å². The van der Waals surface area contributed by atoms with Crippen LogP contribution in [0.2, 0.25) is 0 Å². The van der Waals surface area contributed by atoms with Gasteiger partial charge in [0.25, 0.3) is 0 Å². The summed E-state index contributed by atoms with van der Waals surface area (Å²) in [6, 6.07) is 3.62. The summed E-state index contributed by atoms with van der Waals surface area (Å²) in [6.07, 6.45) is 3.25. The molecule has 0 aromatic carbocycles. The van der Waals surface area contributed by atoms with Gasteiger partial charge in [-0.2, -0.15) is 0 Å². The molecule has 0 bridgehead atoms. The van der Waals surface area contributed by atoms with Crippen LogP contribution < -0.4 is 0 Å². The van der Waals surface area contributed by atoms with E-state index in [4.69, 9.17) is 9.15 Å². The van der Waals surface area contributed by atoms with Crippen LogP contribution in [-0.4, -0.2) is 17.6 Å². The second kappa shape index (κ2) is 4.35. The third-order valence-electron chi connectivity index (χ3n) is 2.46. The van der Waals surface area contributed by atoms with Crippen LogP contribution in [0.25, 0.3) is 11.1 Å². The third-order valence-corrected chi connectivity index (χ3v) is 2.46. The van der Waals surface area contributed by atoms with Gasteiger partial charge in [0, 0.05) is 11.8 Å². The minimum Gasteiger partial charge on any atom is -0.466 e. The molecule has 2 rings (SSSR count). The van der Waals surface area contributed by atoms with Crippen molar-refractivity contribution in [1.82, 2.24) is 4.98 Å². The molecule has 0 aliphatic heterocycles. The number of carbonyl (C=O) groups is 1. The Hall–Kier alpha value is -1.84. The van der Waals surface area contributed by atoms with Crippen molar-refractivity contribution in [1.29, 1.82) is 0 Å².